The molecule has 1 aromatic heterocycles. The molecule has 78 valence electrons. The summed E-state index contributed by atoms with van der Waals surface area (Å²) in [6.07, 6.45) is 1.23. The van der Waals surface area contributed by atoms with Gasteiger partial charge < -0.3 is 9.52 Å². The summed E-state index contributed by atoms with van der Waals surface area (Å²) in [5.41, 5.74) is -0.0436. The van der Waals surface area contributed by atoms with Crippen LogP contribution in [0.4, 0.5) is 8.78 Å². The number of benzene rings is 1. The van der Waals surface area contributed by atoms with Crippen molar-refractivity contribution in [2.45, 2.75) is 6.10 Å². The molecule has 1 N–H and O–H groups in total. The zero-order valence-electron chi connectivity index (χ0n) is 7.65. The Morgan fingerprint density at radius 2 is 1.80 bits per heavy atom. The molecule has 0 amide bonds. The highest BCUT2D eigenvalue weighted by molar-refractivity contribution is 5.29. The molecule has 0 bridgehead atoms. The monoisotopic (exact) mass is 210 g/mol. The van der Waals surface area contributed by atoms with Crippen LogP contribution in [0.1, 0.15) is 17.2 Å². The van der Waals surface area contributed by atoms with Crippen LogP contribution in [0.25, 0.3) is 0 Å². The molecule has 2 aromatic rings. The maximum atomic E-state index is 13.3. The first-order chi connectivity index (χ1) is 7.20. The van der Waals surface area contributed by atoms with Crippen LogP contribution >= 0.6 is 0 Å². The van der Waals surface area contributed by atoms with E-state index in [-0.39, 0.29) is 5.56 Å². The highest BCUT2D eigenvalue weighted by Gasteiger charge is 2.19. The summed E-state index contributed by atoms with van der Waals surface area (Å²) in [5.74, 6) is -1.55. The largest absolute Gasteiger partial charge is 0.472 e. The van der Waals surface area contributed by atoms with Crippen molar-refractivity contribution in [3.63, 3.8) is 0 Å². The van der Waals surface area contributed by atoms with E-state index in [2.05, 4.69) is 0 Å². The molecule has 0 spiro atoms. The van der Waals surface area contributed by atoms with Crippen molar-refractivity contribution < 1.29 is 18.3 Å². The molecule has 2 nitrogen and oxygen atoms in total. The molecule has 0 saturated carbocycles. The van der Waals surface area contributed by atoms with Gasteiger partial charge in [-0.3, -0.25) is 0 Å². The summed E-state index contributed by atoms with van der Waals surface area (Å²) in [5, 5.41) is 9.70. The van der Waals surface area contributed by atoms with Gasteiger partial charge in [-0.1, -0.05) is 6.07 Å². The lowest BCUT2D eigenvalue weighted by atomic mass is 10.0. The van der Waals surface area contributed by atoms with E-state index < -0.39 is 17.7 Å². The van der Waals surface area contributed by atoms with E-state index in [1.165, 1.54) is 24.7 Å². The first-order valence-corrected chi connectivity index (χ1v) is 4.34. The molecule has 4 heteroatoms. The number of aliphatic hydroxyl groups excluding tert-OH is 1. The Morgan fingerprint density at radius 3 is 2.33 bits per heavy atom. The quantitative estimate of drug-likeness (QED) is 0.826. The van der Waals surface area contributed by atoms with Gasteiger partial charge in [0, 0.05) is 5.56 Å². The van der Waals surface area contributed by atoms with Crippen molar-refractivity contribution in [3.05, 3.63) is 59.6 Å². The van der Waals surface area contributed by atoms with Crippen molar-refractivity contribution in [2.75, 3.05) is 0 Å². The van der Waals surface area contributed by atoms with Crippen LogP contribution in [-0.4, -0.2) is 5.11 Å². The van der Waals surface area contributed by atoms with Gasteiger partial charge in [0.1, 0.15) is 17.7 Å². The van der Waals surface area contributed by atoms with Gasteiger partial charge in [0.05, 0.1) is 18.1 Å². The molecule has 1 aromatic carbocycles. The third kappa shape index (κ3) is 1.76. The van der Waals surface area contributed by atoms with Crippen LogP contribution in [0, 0.1) is 11.6 Å². The Hall–Kier alpha value is -1.68. The van der Waals surface area contributed by atoms with Crippen LogP contribution in [0.15, 0.2) is 41.2 Å². The summed E-state index contributed by atoms with van der Waals surface area (Å²) >= 11 is 0. The Morgan fingerprint density at radius 1 is 1.13 bits per heavy atom. The minimum atomic E-state index is -1.34. The number of furan rings is 1. The Labute approximate surface area is 84.8 Å². The van der Waals surface area contributed by atoms with Crippen molar-refractivity contribution in [1.29, 1.82) is 0 Å². The van der Waals surface area contributed by atoms with Crippen LogP contribution in [0.2, 0.25) is 0 Å². The molecule has 1 atom stereocenters. The smallest absolute Gasteiger partial charge is 0.132 e. The summed E-state index contributed by atoms with van der Waals surface area (Å²) in [4.78, 5) is 0. The Balaban J connectivity index is 2.46. The van der Waals surface area contributed by atoms with Gasteiger partial charge in [0.2, 0.25) is 0 Å². The second-order valence-electron chi connectivity index (χ2n) is 3.09. The zero-order valence-corrected chi connectivity index (χ0v) is 7.65. The predicted molar refractivity (Wildman–Crippen MR) is 49.1 cm³/mol. The van der Waals surface area contributed by atoms with E-state index in [0.717, 1.165) is 12.1 Å². The van der Waals surface area contributed by atoms with Gasteiger partial charge in [0.25, 0.3) is 0 Å². The molecule has 1 unspecified atom stereocenters. The summed E-state index contributed by atoms with van der Waals surface area (Å²) in [6.45, 7) is 0. The average molecular weight is 210 g/mol. The summed E-state index contributed by atoms with van der Waals surface area (Å²) < 4.78 is 31.3. The lowest BCUT2D eigenvalue weighted by Gasteiger charge is -2.10. The van der Waals surface area contributed by atoms with Gasteiger partial charge in [-0.15, -0.1) is 0 Å². The molecular formula is C11H8F2O2. The number of halogens is 2. The van der Waals surface area contributed by atoms with Crippen LogP contribution in [0.3, 0.4) is 0 Å². The highest BCUT2D eigenvalue weighted by atomic mass is 19.1. The van der Waals surface area contributed by atoms with E-state index in [9.17, 15) is 13.9 Å². The van der Waals surface area contributed by atoms with Gasteiger partial charge in [-0.25, -0.2) is 8.78 Å². The van der Waals surface area contributed by atoms with E-state index >= 15 is 0 Å². The number of hydrogen-bond acceptors (Lipinski definition) is 2. The standard InChI is InChI=1S/C11H8F2O2/c12-8-2-1-3-9(13)10(8)11(14)7-4-5-15-6-7/h1-6,11,14H. The second-order valence-corrected chi connectivity index (χ2v) is 3.09. The molecule has 0 aliphatic rings. The minimum Gasteiger partial charge on any atom is -0.472 e. The fraction of sp³-hybridized carbons (Fsp3) is 0.0909. The van der Waals surface area contributed by atoms with Gasteiger partial charge >= 0.3 is 0 Å². The summed E-state index contributed by atoms with van der Waals surface area (Å²) in [6, 6.07) is 4.90. The van der Waals surface area contributed by atoms with E-state index in [0.29, 0.717) is 5.56 Å². The molecule has 0 aliphatic heterocycles. The van der Waals surface area contributed by atoms with Crippen molar-refractivity contribution in [2.24, 2.45) is 0 Å². The third-order valence-corrected chi connectivity index (χ3v) is 2.13. The van der Waals surface area contributed by atoms with Crippen LogP contribution in [-0.2, 0) is 0 Å². The molecular weight excluding hydrogens is 202 g/mol. The second kappa shape index (κ2) is 3.82. The van der Waals surface area contributed by atoms with Crippen molar-refractivity contribution >= 4 is 0 Å². The lowest BCUT2D eigenvalue weighted by molar-refractivity contribution is 0.208. The fourth-order valence-corrected chi connectivity index (χ4v) is 1.37. The minimum absolute atomic E-state index is 0.319. The molecule has 1 heterocycles. The zero-order chi connectivity index (χ0) is 10.8. The Kier molecular flexibility index (Phi) is 2.51. The van der Waals surface area contributed by atoms with E-state index in [4.69, 9.17) is 4.42 Å². The predicted octanol–water partition coefficient (Wildman–Crippen LogP) is 2.64. The number of hydrogen-bond donors (Lipinski definition) is 1. The van der Waals surface area contributed by atoms with E-state index in [1.807, 2.05) is 0 Å². The molecule has 0 radical (unpaired) electrons. The molecule has 15 heavy (non-hydrogen) atoms. The molecule has 0 saturated heterocycles. The first-order valence-electron chi connectivity index (χ1n) is 4.34. The number of aliphatic hydroxyl groups is 1. The molecule has 0 aliphatic carbocycles. The maximum Gasteiger partial charge on any atom is 0.132 e. The third-order valence-electron chi connectivity index (χ3n) is 2.13. The normalized spacial score (nSPS) is 12.7. The maximum absolute atomic E-state index is 13.3. The highest BCUT2D eigenvalue weighted by Crippen LogP contribution is 2.26. The lowest BCUT2D eigenvalue weighted by Crippen LogP contribution is -2.04. The Bertz CT molecular complexity index is 431. The van der Waals surface area contributed by atoms with Gasteiger partial charge in [0.15, 0.2) is 0 Å². The van der Waals surface area contributed by atoms with Crippen LogP contribution in [0.5, 0.6) is 0 Å². The van der Waals surface area contributed by atoms with Gasteiger partial charge in [-0.2, -0.15) is 0 Å². The number of rotatable bonds is 2. The summed E-state index contributed by atoms with van der Waals surface area (Å²) in [7, 11) is 0. The first kappa shape index (κ1) is 9.86. The SMILES string of the molecule is OC(c1ccoc1)c1c(F)cccc1F. The van der Waals surface area contributed by atoms with Gasteiger partial charge in [-0.05, 0) is 18.2 Å². The van der Waals surface area contributed by atoms with Crippen LogP contribution < -0.4 is 0 Å². The van der Waals surface area contributed by atoms with E-state index in [1.54, 1.807) is 0 Å². The topological polar surface area (TPSA) is 33.4 Å². The molecule has 0 fully saturated rings. The van der Waals surface area contributed by atoms with Crippen molar-refractivity contribution in [3.8, 4) is 0 Å². The van der Waals surface area contributed by atoms with Crippen molar-refractivity contribution in [1.82, 2.24) is 0 Å². The average Bonchev–Trinajstić information content (AvgIpc) is 2.69. The fourth-order valence-electron chi connectivity index (χ4n) is 1.37. The molecule has 2 rings (SSSR count).